The lowest BCUT2D eigenvalue weighted by Crippen LogP contribution is -2.49. The molecule has 6 nitrogen and oxygen atoms in total. The smallest absolute Gasteiger partial charge is 0.347 e. The lowest BCUT2D eigenvalue weighted by molar-refractivity contribution is -0.181. The van der Waals surface area contributed by atoms with E-state index in [4.69, 9.17) is 14.7 Å². The van der Waals surface area contributed by atoms with Crippen LogP contribution in [0.1, 0.15) is 30.4 Å². The molecule has 26 heavy (non-hydrogen) atoms. The van der Waals surface area contributed by atoms with Crippen LogP contribution in [0.3, 0.4) is 0 Å². The van der Waals surface area contributed by atoms with Gasteiger partial charge in [0.15, 0.2) is 5.79 Å². The second kappa shape index (κ2) is 5.86. The van der Waals surface area contributed by atoms with Gasteiger partial charge in [0.05, 0.1) is 42.5 Å². The number of anilines is 1. The highest BCUT2D eigenvalue weighted by Crippen LogP contribution is 2.42. The van der Waals surface area contributed by atoms with Gasteiger partial charge in [-0.05, 0) is 24.6 Å². The van der Waals surface area contributed by atoms with Crippen LogP contribution in [-0.4, -0.2) is 37.1 Å². The lowest BCUT2D eigenvalue weighted by Gasteiger charge is -2.39. The van der Waals surface area contributed by atoms with Gasteiger partial charge in [0.1, 0.15) is 0 Å². The molecule has 3 fully saturated rings. The number of fused-ring (bicyclic) bond motifs is 1. The molecule has 0 bridgehead atoms. The number of urea groups is 1. The van der Waals surface area contributed by atoms with E-state index in [1.807, 2.05) is 0 Å². The van der Waals surface area contributed by atoms with Gasteiger partial charge in [-0.1, -0.05) is 0 Å². The molecule has 1 aromatic rings. The Kier molecular flexibility index (Phi) is 3.86. The van der Waals surface area contributed by atoms with Gasteiger partial charge in [-0.3, -0.25) is 4.90 Å². The predicted octanol–water partition coefficient (Wildman–Crippen LogP) is 2.77. The van der Waals surface area contributed by atoms with Crippen molar-refractivity contribution in [2.75, 3.05) is 18.1 Å². The monoisotopic (exact) mass is 367 g/mol. The van der Waals surface area contributed by atoms with Crippen LogP contribution in [0.4, 0.5) is 23.7 Å². The molecule has 2 atom stereocenters. The van der Waals surface area contributed by atoms with Gasteiger partial charge in [0.25, 0.3) is 0 Å². The number of rotatable bonds is 1. The minimum Gasteiger partial charge on any atom is -0.347 e. The summed E-state index contributed by atoms with van der Waals surface area (Å²) in [5, 5.41) is 11.7. The molecular formula is C17H16F3N3O3. The van der Waals surface area contributed by atoms with Crippen LogP contribution in [-0.2, 0) is 15.7 Å². The first kappa shape index (κ1) is 17.1. The zero-order chi connectivity index (χ0) is 18.5. The van der Waals surface area contributed by atoms with Gasteiger partial charge in [-0.15, -0.1) is 0 Å². The van der Waals surface area contributed by atoms with Crippen molar-refractivity contribution in [3.8, 4) is 6.07 Å². The minimum absolute atomic E-state index is 0.130. The van der Waals surface area contributed by atoms with Gasteiger partial charge in [-0.2, -0.15) is 18.4 Å². The summed E-state index contributed by atoms with van der Waals surface area (Å²) in [5.41, 5.74) is -1.37. The van der Waals surface area contributed by atoms with Crippen LogP contribution in [0.15, 0.2) is 18.2 Å². The Morgan fingerprint density at radius 3 is 2.69 bits per heavy atom. The number of alkyl halides is 3. The van der Waals surface area contributed by atoms with Crippen molar-refractivity contribution in [3.63, 3.8) is 0 Å². The summed E-state index contributed by atoms with van der Waals surface area (Å²) in [5.74, 6) is -0.702. The molecule has 1 N–H and O–H groups in total. The van der Waals surface area contributed by atoms with E-state index < -0.39 is 29.1 Å². The van der Waals surface area contributed by atoms with Gasteiger partial charge in [-0.25, -0.2) is 4.79 Å². The van der Waals surface area contributed by atoms with E-state index in [1.54, 1.807) is 6.07 Å². The number of nitrogens with one attached hydrogen (secondary N) is 1. The van der Waals surface area contributed by atoms with Crippen LogP contribution in [0.2, 0.25) is 0 Å². The van der Waals surface area contributed by atoms with Crippen molar-refractivity contribution in [1.29, 1.82) is 5.26 Å². The maximum Gasteiger partial charge on any atom is 0.417 e. The predicted molar refractivity (Wildman–Crippen MR) is 83.2 cm³/mol. The number of halogens is 3. The fraction of sp³-hybridized carbons (Fsp3) is 0.529. The van der Waals surface area contributed by atoms with Crippen molar-refractivity contribution < 1.29 is 27.4 Å². The molecule has 9 heteroatoms. The highest BCUT2D eigenvalue weighted by atomic mass is 19.4. The summed E-state index contributed by atoms with van der Waals surface area (Å²) in [6.07, 6.45) is -3.09. The molecule has 138 valence electrons. The average molecular weight is 367 g/mol. The van der Waals surface area contributed by atoms with Gasteiger partial charge in [0.2, 0.25) is 0 Å². The third-order valence-corrected chi connectivity index (χ3v) is 5.20. The van der Waals surface area contributed by atoms with Crippen molar-refractivity contribution in [1.82, 2.24) is 5.32 Å². The topological polar surface area (TPSA) is 74.6 Å². The second-order valence-corrected chi connectivity index (χ2v) is 6.68. The fourth-order valence-corrected chi connectivity index (χ4v) is 4.06. The Bertz CT molecular complexity index is 784. The first-order valence-electron chi connectivity index (χ1n) is 8.32. The zero-order valence-electron chi connectivity index (χ0n) is 13.7. The molecule has 0 aromatic heterocycles. The highest BCUT2D eigenvalue weighted by molar-refractivity contribution is 5.95. The molecule has 0 radical (unpaired) electrons. The summed E-state index contributed by atoms with van der Waals surface area (Å²) in [7, 11) is 0. The van der Waals surface area contributed by atoms with Crippen LogP contribution in [0.5, 0.6) is 0 Å². The SMILES string of the molecule is N#Cc1ccc(N2C(=O)N[C@H]3CC4(CC[C@@H]32)OCCO4)cc1C(F)(F)F. The van der Waals surface area contributed by atoms with Crippen molar-refractivity contribution in [2.24, 2.45) is 0 Å². The second-order valence-electron chi connectivity index (χ2n) is 6.68. The lowest BCUT2D eigenvalue weighted by atomic mass is 9.86. The van der Waals surface area contributed by atoms with E-state index in [1.165, 1.54) is 11.0 Å². The summed E-state index contributed by atoms with van der Waals surface area (Å²) in [6, 6.07) is 3.90. The Morgan fingerprint density at radius 1 is 1.31 bits per heavy atom. The molecule has 0 unspecified atom stereocenters. The van der Waals surface area contributed by atoms with Crippen LogP contribution in [0.25, 0.3) is 0 Å². The number of nitrogens with zero attached hydrogens (tertiary/aromatic N) is 2. The summed E-state index contributed by atoms with van der Waals surface area (Å²) in [4.78, 5) is 13.8. The van der Waals surface area contributed by atoms with E-state index in [0.29, 0.717) is 32.5 Å². The number of carbonyl (C=O) groups is 1. The molecule has 2 aliphatic heterocycles. The number of hydrogen-bond donors (Lipinski definition) is 1. The standard InChI is InChI=1S/C17H16F3N3O3/c18-17(19,20)12-7-11(2-1-10(12)9-21)23-14-3-4-16(25-5-6-26-16)8-13(14)22-15(23)24/h1-2,7,13-14H,3-6,8H2,(H,22,24)/t13-,14-/m0/s1. The van der Waals surface area contributed by atoms with Crippen LogP contribution < -0.4 is 10.2 Å². The van der Waals surface area contributed by atoms with E-state index in [2.05, 4.69) is 5.32 Å². The first-order chi connectivity index (χ1) is 12.3. The number of ether oxygens (including phenoxy) is 2. The van der Waals surface area contributed by atoms with Gasteiger partial charge in [0, 0.05) is 18.5 Å². The zero-order valence-corrected chi connectivity index (χ0v) is 13.7. The Morgan fingerprint density at radius 2 is 2.04 bits per heavy atom. The third kappa shape index (κ3) is 2.70. The summed E-state index contributed by atoms with van der Waals surface area (Å²) < 4.78 is 51.1. The molecule has 4 rings (SSSR count). The molecule has 2 amide bonds. The largest absolute Gasteiger partial charge is 0.417 e. The number of benzene rings is 1. The van der Waals surface area contributed by atoms with Gasteiger partial charge >= 0.3 is 12.2 Å². The van der Waals surface area contributed by atoms with Crippen molar-refractivity contribution >= 4 is 11.7 Å². The van der Waals surface area contributed by atoms with E-state index in [0.717, 1.165) is 12.1 Å². The maximum atomic E-state index is 13.2. The van der Waals surface area contributed by atoms with Crippen LogP contribution >= 0.6 is 0 Å². The van der Waals surface area contributed by atoms with Crippen LogP contribution in [0, 0.1) is 11.3 Å². The molecule has 2 heterocycles. The highest BCUT2D eigenvalue weighted by Gasteiger charge is 2.51. The summed E-state index contributed by atoms with van der Waals surface area (Å²) in [6.45, 7) is 0.999. The van der Waals surface area contributed by atoms with E-state index in [-0.39, 0.29) is 17.8 Å². The Balaban J connectivity index is 1.64. The summed E-state index contributed by atoms with van der Waals surface area (Å²) >= 11 is 0. The van der Waals surface area contributed by atoms with E-state index in [9.17, 15) is 18.0 Å². The van der Waals surface area contributed by atoms with Gasteiger partial charge < -0.3 is 14.8 Å². The quantitative estimate of drug-likeness (QED) is 0.828. The average Bonchev–Trinajstić information content (AvgIpc) is 3.17. The fourth-order valence-electron chi connectivity index (χ4n) is 4.06. The molecule has 2 saturated heterocycles. The molecular weight excluding hydrogens is 351 g/mol. The normalized spacial score (nSPS) is 27.3. The molecule has 1 spiro atoms. The minimum atomic E-state index is -4.67. The Hall–Kier alpha value is -2.31. The third-order valence-electron chi connectivity index (χ3n) is 5.20. The van der Waals surface area contributed by atoms with Crippen molar-refractivity contribution in [3.05, 3.63) is 29.3 Å². The van der Waals surface area contributed by atoms with Crippen molar-refractivity contribution in [2.45, 2.75) is 43.3 Å². The Labute approximate surface area is 147 Å². The number of nitriles is 1. The molecule has 3 aliphatic rings. The number of hydrogen-bond acceptors (Lipinski definition) is 4. The molecule has 1 saturated carbocycles. The molecule has 1 aromatic carbocycles. The molecule has 1 aliphatic carbocycles. The number of carbonyl (C=O) groups excluding carboxylic acids is 1. The number of amides is 2. The maximum absolute atomic E-state index is 13.2. The van der Waals surface area contributed by atoms with E-state index >= 15 is 0 Å². The first-order valence-corrected chi connectivity index (χ1v) is 8.32.